The van der Waals surface area contributed by atoms with Crippen LogP contribution in [0.25, 0.3) is 0 Å². The fourth-order valence-electron chi connectivity index (χ4n) is 4.67. The lowest BCUT2D eigenvalue weighted by Gasteiger charge is -2.36. The van der Waals surface area contributed by atoms with Crippen molar-refractivity contribution in [3.05, 3.63) is 59.7 Å². The first-order chi connectivity index (χ1) is 16.0. The van der Waals surface area contributed by atoms with E-state index in [0.717, 1.165) is 56.2 Å². The van der Waals surface area contributed by atoms with E-state index in [9.17, 15) is 9.59 Å². The van der Waals surface area contributed by atoms with Crippen molar-refractivity contribution < 1.29 is 19.1 Å². The van der Waals surface area contributed by atoms with Crippen LogP contribution in [0.3, 0.4) is 0 Å². The van der Waals surface area contributed by atoms with Crippen molar-refractivity contribution >= 4 is 11.9 Å². The van der Waals surface area contributed by atoms with E-state index in [1.807, 2.05) is 49.4 Å². The molecule has 0 bridgehead atoms. The minimum atomic E-state index is -0.853. The van der Waals surface area contributed by atoms with Crippen molar-refractivity contribution in [2.75, 3.05) is 39.6 Å². The number of rotatable bonds is 7. The molecular weight excluding hydrogens is 420 g/mol. The molecule has 0 spiro atoms. The average Bonchev–Trinajstić information content (AvgIpc) is 3.38. The van der Waals surface area contributed by atoms with Crippen LogP contribution in [0.1, 0.15) is 24.5 Å². The maximum Gasteiger partial charge on any atom is 0.326 e. The molecule has 3 amide bonds. The lowest BCUT2D eigenvalue weighted by molar-refractivity contribution is -0.132. The summed E-state index contributed by atoms with van der Waals surface area (Å²) >= 11 is 0. The summed E-state index contributed by atoms with van der Waals surface area (Å²) in [7, 11) is 0. The summed E-state index contributed by atoms with van der Waals surface area (Å²) in [6, 6.07) is 15.8. The zero-order valence-electron chi connectivity index (χ0n) is 19.0. The molecule has 3 aliphatic rings. The van der Waals surface area contributed by atoms with Gasteiger partial charge in [0.25, 0.3) is 5.91 Å². The van der Waals surface area contributed by atoms with Crippen LogP contribution in [0.5, 0.6) is 11.5 Å². The van der Waals surface area contributed by atoms with Gasteiger partial charge >= 0.3 is 6.03 Å². The Morgan fingerprint density at radius 1 is 0.909 bits per heavy atom. The maximum atomic E-state index is 13.1. The third-order valence-corrected chi connectivity index (χ3v) is 6.75. The molecule has 0 aromatic heterocycles. The Balaban J connectivity index is 1.12. The summed E-state index contributed by atoms with van der Waals surface area (Å²) in [5.74, 6) is 1.47. The number of carbonyl (C=O) groups excluding carboxylic acids is 2. The highest BCUT2D eigenvalue weighted by molar-refractivity contribution is 6.06. The molecule has 2 aromatic rings. The molecule has 33 heavy (non-hydrogen) atoms. The summed E-state index contributed by atoms with van der Waals surface area (Å²) in [4.78, 5) is 31.7. The number of piperazine rings is 1. The summed E-state index contributed by atoms with van der Waals surface area (Å²) in [5.41, 5.74) is 1.50. The monoisotopic (exact) mass is 450 g/mol. The number of fused-ring (bicyclic) bond motifs is 1. The van der Waals surface area contributed by atoms with Crippen LogP contribution in [0.4, 0.5) is 4.79 Å². The van der Waals surface area contributed by atoms with Gasteiger partial charge in [0.15, 0.2) is 11.5 Å². The van der Waals surface area contributed by atoms with E-state index in [2.05, 4.69) is 21.2 Å². The number of ether oxygens (including phenoxy) is 2. The van der Waals surface area contributed by atoms with E-state index in [1.54, 1.807) is 0 Å². The van der Waals surface area contributed by atoms with Crippen molar-refractivity contribution in [1.29, 1.82) is 0 Å². The summed E-state index contributed by atoms with van der Waals surface area (Å²) in [6.45, 7) is 6.66. The van der Waals surface area contributed by atoms with Crippen LogP contribution in [0, 0.1) is 0 Å². The fraction of sp³-hybridized carbons (Fsp3) is 0.440. The predicted octanol–water partition coefficient (Wildman–Crippen LogP) is 2.43. The van der Waals surface area contributed by atoms with Crippen molar-refractivity contribution in [2.45, 2.75) is 31.8 Å². The molecule has 174 valence electrons. The van der Waals surface area contributed by atoms with E-state index < -0.39 is 5.54 Å². The first-order valence-electron chi connectivity index (χ1n) is 11.5. The van der Waals surface area contributed by atoms with Crippen molar-refractivity contribution in [2.24, 2.45) is 0 Å². The average molecular weight is 451 g/mol. The van der Waals surface area contributed by atoms with Crippen molar-refractivity contribution in [3.63, 3.8) is 0 Å². The van der Waals surface area contributed by atoms with Crippen LogP contribution in [0.2, 0.25) is 0 Å². The Morgan fingerprint density at radius 2 is 1.64 bits per heavy atom. The second-order valence-electron chi connectivity index (χ2n) is 9.20. The summed E-state index contributed by atoms with van der Waals surface area (Å²) in [5, 5.41) is 2.93. The van der Waals surface area contributed by atoms with E-state index in [1.165, 1.54) is 10.5 Å². The van der Waals surface area contributed by atoms with E-state index in [-0.39, 0.29) is 18.7 Å². The number of benzene rings is 2. The first-order valence-corrected chi connectivity index (χ1v) is 11.5. The Labute approximate surface area is 194 Å². The molecule has 2 saturated heterocycles. The quantitative estimate of drug-likeness (QED) is 0.654. The van der Waals surface area contributed by atoms with E-state index >= 15 is 0 Å². The number of amides is 3. The smallest absolute Gasteiger partial charge is 0.326 e. The molecule has 0 aliphatic carbocycles. The van der Waals surface area contributed by atoms with Gasteiger partial charge < -0.3 is 14.8 Å². The molecular formula is C25H30N4O4. The molecule has 8 heteroatoms. The number of nitrogens with one attached hydrogen (secondary N) is 1. The highest BCUT2D eigenvalue weighted by atomic mass is 16.7. The zero-order chi connectivity index (χ0) is 22.8. The Hall–Kier alpha value is -3.10. The van der Waals surface area contributed by atoms with Crippen LogP contribution >= 0.6 is 0 Å². The van der Waals surface area contributed by atoms with Gasteiger partial charge in [-0.15, -0.1) is 0 Å². The van der Waals surface area contributed by atoms with Gasteiger partial charge in [-0.1, -0.05) is 36.4 Å². The molecule has 1 atom stereocenters. The number of carbonyl (C=O) groups is 2. The number of hydrogen-bond acceptors (Lipinski definition) is 6. The van der Waals surface area contributed by atoms with Crippen LogP contribution < -0.4 is 14.8 Å². The number of aryl methyl sites for hydroxylation is 1. The van der Waals surface area contributed by atoms with Gasteiger partial charge in [0.05, 0.1) is 6.67 Å². The molecule has 1 N–H and O–H groups in total. The van der Waals surface area contributed by atoms with Crippen LogP contribution in [-0.2, 0) is 17.8 Å². The fourth-order valence-corrected chi connectivity index (χ4v) is 4.67. The van der Waals surface area contributed by atoms with Gasteiger partial charge in [-0.05, 0) is 43.0 Å². The third-order valence-electron chi connectivity index (χ3n) is 6.75. The lowest BCUT2D eigenvalue weighted by Crippen LogP contribution is -2.51. The van der Waals surface area contributed by atoms with Gasteiger partial charge in [0.1, 0.15) is 5.54 Å². The lowest BCUT2D eigenvalue weighted by atomic mass is 9.93. The summed E-state index contributed by atoms with van der Waals surface area (Å²) < 4.78 is 10.9. The molecule has 0 unspecified atom stereocenters. The minimum absolute atomic E-state index is 0.133. The molecule has 5 rings (SSSR count). The van der Waals surface area contributed by atoms with Crippen molar-refractivity contribution in [1.82, 2.24) is 20.0 Å². The molecule has 8 nitrogen and oxygen atoms in total. The Bertz CT molecular complexity index is 1020. The third kappa shape index (κ3) is 4.67. The zero-order valence-corrected chi connectivity index (χ0v) is 19.0. The first kappa shape index (κ1) is 21.7. The molecule has 0 radical (unpaired) electrons. The normalized spacial score (nSPS) is 23.2. The summed E-state index contributed by atoms with van der Waals surface area (Å²) in [6.07, 6.45) is 1.33. The highest BCUT2D eigenvalue weighted by Gasteiger charge is 2.47. The molecule has 2 fully saturated rings. The van der Waals surface area contributed by atoms with Gasteiger partial charge in [-0.2, -0.15) is 0 Å². The standard InChI is InChI=1S/C25H30N4O4/c1-25(10-9-19-5-3-2-4-6-19)23(30)29(24(31)26-25)17-28-13-11-27(12-14-28)16-20-7-8-21-22(15-20)33-18-32-21/h2-8,15H,9-14,16-18H2,1H3,(H,26,31)/t25-/m0/s1. The SMILES string of the molecule is C[C@@]1(CCc2ccccc2)NC(=O)N(CN2CCN(Cc3ccc4c(c3)OCO4)CC2)C1=O. The van der Waals surface area contributed by atoms with E-state index in [0.29, 0.717) is 13.1 Å². The Kier molecular flexibility index (Phi) is 5.95. The molecule has 0 saturated carbocycles. The van der Waals surface area contributed by atoms with Crippen LogP contribution in [0.15, 0.2) is 48.5 Å². The minimum Gasteiger partial charge on any atom is -0.454 e. The predicted molar refractivity (Wildman–Crippen MR) is 123 cm³/mol. The largest absolute Gasteiger partial charge is 0.454 e. The van der Waals surface area contributed by atoms with Crippen LogP contribution in [-0.4, -0.2) is 71.8 Å². The van der Waals surface area contributed by atoms with Gasteiger partial charge in [-0.25, -0.2) is 9.69 Å². The van der Waals surface area contributed by atoms with Gasteiger partial charge in [0.2, 0.25) is 6.79 Å². The van der Waals surface area contributed by atoms with Gasteiger partial charge in [0, 0.05) is 32.7 Å². The van der Waals surface area contributed by atoms with Gasteiger partial charge in [-0.3, -0.25) is 14.6 Å². The highest BCUT2D eigenvalue weighted by Crippen LogP contribution is 2.33. The Morgan fingerprint density at radius 3 is 2.42 bits per heavy atom. The second kappa shape index (κ2) is 9.03. The molecule has 3 heterocycles. The topological polar surface area (TPSA) is 74.4 Å². The number of nitrogens with zero attached hydrogens (tertiary/aromatic N) is 3. The number of imide groups is 1. The second-order valence-corrected chi connectivity index (χ2v) is 9.20. The maximum absolute atomic E-state index is 13.1. The molecule has 3 aliphatic heterocycles. The van der Waals surface area contributed by atoms with E-state index in [4.69, 9.17) is 9.47 Å². The number of hydrogen-bond donors (Lipinski definition) is 1. The van der Waals surface area contributed by atoms with Crippen molar-refractivity contribution in [3.8, 4) is 11.5 Å². The molecule has 2 aromatic carbocycles. The number of urea groups is 1.